The lowest BCUT2D eigenvalue weighted by Gasteiger charge is -2.19. The zero-order chi connectivity index (χ0) is 12.1. The van der Waals surface area contributed by atoms with Gasteiger partial charge in [0.15, 0.2) is 0 Å². The van der Waals surface area contributed by atoms with Gasteiger partial charge >= 0.3 is 6.09 Å². The molecule has 0 unspecified atom stereocenters. The average Bonchev–Trinajstić information content (AvgIpc) is 2.87. The molecule has 1 saturated carbocycles. The molecule has 1 heterocycles. The molecule has 0 spiro atoms. The Labute approximate surface area is 94.2 Å². The predicted molar refractivity (Wildman–Crippen MR) is 60.7 cm³/mol. The Morgan fingerprint density at radius 3 is 2.44 bits per heavy atom. The maximum atomic E-state index is 11.1. The van der Waals surface area contributed by atoms with E-state index in [1.807, 2.05) is 20.8 Å². The van der Waals surface area contributed by atoms with Gasteiger partial charge in [-0.3, -0.25) is 0 Å². The minimum atomic E-state index is -1.05. The van der Waals surface area contributed by atoms with Gasteiger partial charge in [-0.1, -0.05) is 20.8 Å². The summed E-state index contributed by atoms with van der Waals surface area (Å²) >= 11 is 0. The van der Waals surface area contributed by atoms with E-state index in [9.17, 15) is 4.79 Å². The van der Waals surface area contributed by atoms with Gasteiger partial charge < -0.3 is 10.8 Å². The van der Waals surface area contributed by atoms with E-state index in [1.165, 1.54) is 0 Å². The van der Waals surface area contributed by atoms with Crippen LogP contribution in [0.1, 0.15) is 50.8 Å². The van der Waals surface area contributed by atoms with Crippen LogP contribution in [0, 0.1) is 0 Å². The van der Waals surface area contributed by atoms with Crippen LogP contribution < -0.4 is 5.73 Å². The molecule has 2 rings (SSSR count). The molecule has 1 aromatic rings. The van der Waals surface area contributed by atoms with Crippen molar-refractivity contribution in [3.8, 4) is 0 Å². The van der Waals surface area contributed by atoms with Crippen molar-refractivity contribution >= 4 is 11.9 Å². The topological polar surface area (TPSA) is 81.1 Å². The number of nitrogens with two attached hydrogens (primary N) is 1. The van der Waals surface area contributed by atoms with Gasteiger partial charge in [0.25, 0.3) is 0 Å². The van der Waals surface area contributed by atoms with Gasteiger partial charge in [0, 0.05) is 11.5 Å². The van der Waals surface area contributed by atoms with E-state index in [0.29, 0.717) is 11.7 Å². The summed E-state index contributed by atoms with van der Waals surface area (Å²) in [6.45, 7) is 6.08. The summed E-state index contributed by atoms with van der Waals surface area (Å²) in [5.74, 6) is 0.659. The van der Waals surface area contributed by atoms with E-state index >= 15 is 0 Å². The third-order valence-electron chi connectivity index (χ3n) is 2.84. The molecular weight excluding hydrogens is 206 g/mol. The highest BCUT2D eigenvalue weighted by Crippen LogP contribution is 2.46. The lowest BCUT2D eigenvalue weighted by atomic mass is 9.85. The van der Waals surface area contributed by atoms with E-state index in [2.05, 4.69) is 5.10 Å². The number of rotatable bonds is 1. The monoisotopic (exact) mass is 223 g/mol. The van der Waals surface area contributed by atoms with Crippen LogP contribution in [-0.4, -0.2) is 21.0 Å². The second-order valence-corrected chi connectivity index (χ2v) is 5.36. The minimum absolute atomic E-state index is 0.171. The van der Waals surface area contributed by atoms with Crippen molar-refractivity contribution in [1.82, 2.24) is 9.78 Å². The summed E-state index contributed by atoms with van der Waals surface area (Å²) in [4.78, 5) is 11.1. The molecule has 0 bridgehead atoms. The van der Waals surface area contributed by atoms with Gasteiger partial charge in [-0.15, -0.1) is 5.10 Å². The van der Waals surface area contributed by atoms with E-state index in [0.717, 1.165) is 28.8 Å². The molecule has 5 heteroatoms. The summed E-state index contributed by atoms with van der Waals surface area (Å²) in [5, 5.41) is 13.0. The number of hydrogen-bond acceptors (Lipinski definition) is 3. The molecule has 5 nitrogen and oxygen atoms in total. The Hall–Kier alpha value is -1.52. The van der Waals surface area contributed by atoms with E-state index < -0.39 is 6.09 Å². The van der Waals surface area contributed by atoms with Crippen molar-refractivity contribution in [1.29, 1.82) is 0 Å². The van der Waals surface area contributed by atoms with Crippen molar-refractivity contribution in [2.24, 2.45) is 0 Å². The van der Waals surface area contributed by atoms with Crippen molar-refractivity contribution in [3.05, 3.63) is 11.3 Å². The lowest BCUT2D eigenvalue weighted by Crippen LogP contribution is -2.18. The van der Waals surface area contributed by atoms with E-state index in [4.69, 9.17) is 10.8 Å². The number of nitrogens with zero attached hydrogens (tertiary/aromatic N) is 2. The van der Waals surface area contributed by atoms with E-state index in [1.54, 1.807) is 0 Å². The molecule has 3 N–H and O–H groups in total. The van der Waals surface area contributed by atoms with Crippen LogP contribution >= 0.6 is 0 Å². The molecule has 1 aliphatic rings. The van der Waals surface area contributed by atoms with Crippen LogP contribution in [0.4, 0.5) is 10.6 Å². The highest BCUT2D eigenvalue weighted by atomic mass is 16.4. The molecule has 88 valence electrons. The standard InChI is InChI=1S/C11H17N3O2/c1-11(2,3)7-8(6-4-5-6)14(10(15)16)13-9(7)12/h6H,4-5H2,1-3H3,(H2,12,13)(H,15,16). The maximum absolute atomic E-state index is 11.1. The van der Waals surface area contributed by atoms with Crippen LogP contribution in [0.5, 0.6) is 0 Å². The fourth-order valence-corrected chi connectivity index (χ4v) is 2.10. The zero-order valence-electron chi connectivity index (χ0n) is 9.82. The molecule has 0 aliphatic heterocycles. The first kappa shape index (κ1) is 11.0. The maximum Gasteiger partial charge on any atom is 0.432 e. The van der Waals surface area contributed by atoms with Crippen molar-refractivity contribution in [3.63, 3.8) is 0 Å². The molecule has 16 heavy (non-hydrogen) atoms. The second-order valence-electron chi connectivity index (χ2n) is 5.36. The number of carboxylic acid groups (broad SMARTS) is 1. The molecule has 1 aromatic heterocycles. The van der Waals surface area contributed by atoms with Gasteiger partial charge in [-0.2, -0.15) is 4.68 Å². The van der Waals surface area contributed by atoms with Crippen molar-refractivity contribution in [2.75, 3.05) is 5.73 Å². The predicted octanol–water partition coefficient (Wildman–Crippen LogP) is 2.17. The fraction of sp³-hybridized carbons (Fsp3) is 0.636. The SMILES string of the molecule is CC(C)(C)c1c(N)nn(C(=O)O)c1C1CC1. The lowest BCUT2D eigenvalue weighted by molar-refractivity contribution is 0.191. The number of nitrogen functional groups attached to an aromatic ring is 1. The van der Waals surface area contributed by atoms with Crippen LogP contribution in [0.3, 0.4) is 0 Å². The smallest absolute Gasteiger partial charge is 0.432 e. The fourth-order valence-electron chi connectivity index (χ4n) is 2.10. The molecule has 1 fully saturated rings. The summed E-state index contributed by atoms with van der Waals surface area (Å²) in [5.41, 5.74) is 7.34. The molecule has 0 amide bonds. The van der Waals surface area contributed by atoms with Crippen molar-refractivity contribution in [2.45, 2.75) is 44.9 Å². The van der Waals surface area contributed by atoms with Gasteiger partial charge in [-0.05, 0) is 18.3 Å². The van der Waals surface area contributed by atoms with Gasteiger partial charge in [0.2, 0.25) is 0 Å². The van der Waals surface area contributed by atoms with Crippen LogP contribution in [0.2, 0.25) is 0 Å². The van der Waals surface area contributed by atoms with Gasteiger partial charge in [0.1, 0.15) is 5.82 Å². The minimum Gasteiger partial charge on any atom is -0.463 e. The molecule has 0 aromatic carbocycles. The molecule has 0 saturated heterocycles. The highest BCUT2D eigenvalue weighted by molar-refractivity contribution is 5.71. The van der Waals surface area contributed by atoms with Crippen LogP contribution in [-0.2, 0) is 5.41 Å². The highest BCUT2D eigenvalue weighted by Gasteiger charge is 2.37. The first-order chi connectivity index (χ1) is 7.32. The van der Waals surface area contributed by atoms with Crippen LogP contribution in [0.15, 0.2) is 0 Å². The van der Waals surface area contributed by atoms with Crippen molar-refractivity contribution < 1.29 is 9.90 Å². The van der Waals surface area contributed by atoms with Crippen LogP contribution in [0.25, 0.3) is 0 Å². The Balaban J connectivity index is 2.63. The number of carbonyl (C=O) groups is 1. The van der Waals surface area contributed by atoms with Gasteiger partial charge in [-0.25, -0.2) is 4.79 Å². The first-order valence-electron chi connectivity index (χ1n) is 5.44. The summed E-state index contributed by atoms with van der Waals surface area (Å²) in [6, 6.07) is 0. The summed E-state index contributed by atoms with van der Waals surface area (Å²) < 4.78 is 1.05. The Bertz CT molecular complexity index is 439. The summed E-state index contributed by atoms with van der Waals surface area (Å²) in [6.07, 6.45) is 1.01. The second kappa shape index (κ2) is 3.23. The molecular formula is C11H17N3O2. The zero-order valence-corrected chi connectivity index (χ0v) is 9.82. The largest absolute Gasteiger partial charge is 0.463 e. The third kappa shape index (κ3) is 1.66. The number of anilines is 1. The van der Waals surface area contributed by atoms with E-state index in [-0.39, 0.29) is 5.41 Å². The number of aromatic nitrogens is 2. The Kier molecular flexibility index (Phi) is 2.22. The Morgan fingerprint density at radius 1 is 1.50 bits per heavy atom. The quantitative estimate of drug-likeness (QED) is 0.764. The molecule has 0 atom stereocenters. The molecule has 0 radical (unpaired) electrons. The van der Waals surface area contributed by atoms with Gasteiger partial charge in [0.05, 0.1) is 5.69 Å². The Morgan fingerprint density at radius 2 is 2.06 bits per heavy atom. The average molecular weight is 223 g/mol. The molecule has 1 aliphatic carbocycles. The summed E-state index contributed by atoms with van der Waals surface area (Å²) in [7, 11) is 0. The number of hydrogen-bond donors (Lipinski definition) is 2. The third-order valence-corrected chi connectivity index (χ3v) is 2.84. The first-order valence-corrected chi connectivity index (χ1v) is 5.44. The normalized spacial score (nSPS) is 16.4.